The van der Waals surface area contributed by atoms with Gasteiger partial charge >= 0.3 is 0 Å². The van der Waals surface area contributed by atoms with E-state index in [1.165, 1.54) is 5.01 Å². The van der Waals surface area contributed by atoms with E-state index >= 15 is 0 Å². The number of hydrazine groups is 1. The molecular formula is C19H27N7O. The molecule has 1 saturated carbocycles. The predicted octanol–water partition coefficient (Wildman–Crippen LogP) is 2.18. The number of benzene rings is 1. The summed E-state index contributed by atoms with van der Waals surface area (Å²) >= 11 is 0. The molecule has 3 rings (SSSR count). The minimum atomic E-state index is 0.0483. The highest BCUT2D eigenvalue weighted by molar-refractivity contribution is 5.73. The molecule has 0 unspecified atom stereocenters. The van der Waals surface area contributed by atoms with Gasteiger partial charge in [-0.25, -0.2) is 10.8 Å². The summed E-state index contributed by atoms with van der Waals surface area (Å²) in [6, 6.07) is 9.44. The maximum absolute atomic E-state index is 11.2. The Morgan fingerprint density at radius 2 is 1.96 bits per heavy atom. The van der Waals surface area contributed by atoms with Gasteiger partial charge in [0.1, 0.15) is 0 Å². The molecule has 1 aromatic carbocycles. The standard InChI is InChI=1S/C19H27N7O/c1-13(27)24-15-8-6-14(7-9-15)12-23-19-22-11-10-18(25-19)26(21)17-5-3-2-4-16(17)20/h2-5,10-11,14-15H,6-9,12,20-21H2,1H3,(H,24,27)(H,22,23,25). The monoisotopic (exact) mass is 369 g/mol. The zero-order valence-electron chi connectivity index (χ0n) is 15.6. The topological polar surface area (TPSA) is 122 Å². The van der Waals surface area contributed by atoms with Crippen LogP contribution >= 0.6 is 0 Å². The number of carbonyl (C=O) groups excluding carboxylic acids is 1. The van der Waals surface area contributed by atoms with Crippen molar-refractivity contribution in [2.24, 2.45) is 11.8 Å². The highest BCUT2D eigenvalue weighted by atomic mass is 16.1. The van der Waals surface area contributed by atoms with Crippen LogP contribution in [0.5, 0.6) is 0 Å². The van der Waals surface area contributed by atoms with Crippen LogP contribution in [-0.2, 0) is 4.79 Å². The van der Waals surface area contributed by atoms with Gasteiger partial charge in [0.2, 0.25) is 11.9 Å². The average molecular weight is 369 g/mol. The Hall–Kier alpha value is -2.87. The number of nitrogens with one attached hydrogen (secondary N) is 2. The number of anilines is 4. The fourth-order valence-corrected chi connectivity index (χ4v) is 3.43. The van der Waals surface area contributed by atoms with Gasteiger partial charge < -0.3 is 16.4 Å². The third-order valence-corrected chi connectivity index (χ3v) is 4.89. The molecule has 8 heteroatoms. The lowest BCUT2D eigenvalue weighted by molar-refractivity contribution is -0.119. The fraction of sp³-hybridized carbons (Fsp3) is 0.421. The van der Waals surface area contributed by atoms with Gasteiger partial charge in [-0.2, -0.15) is 4.98 Å². The van der Waals surface area contributed by atoms with Crippen molar-refractivity contribution in [1.29, 1.82) is 0 Å². The molecule has 6 N–H and O–H groups in total. The summed E-state index contributed by atoms with van der Waals surface area (Å²) in [6.07, 6.45) is 5.84. The second-order valence-electron chi connectivity index (χ2n) is 6.97. The highest BCUT2D eigenvalue weighted by Crippen LogP contribution is 2.27. The third kappa shape index (κ3) is 5.07. The summed E-state index contributed by atoms with van der Waals surface area (Å²) in [7, 11) is 0. The first-order valence-corrected chi connectivity index (χ1v) is 9.26. The zero-order chi connectivity index (χ0) is 19.2. The molecule has 0 bridgehead atoms. The third-order valence-electron chi connectivity index (χ3n) is 4.89. The van der Waals surface area contributed by atoms with E-state index in [-0.39, 0.29) is 5.91 Å². The molecule has 1 heterocycles. The van der Waals surface area contributed by atoms with E-state index in [4.69, 9.17) is 11.6 Å². The van der Waals surface area contributed by atoms with Crippen molar-refractivity contribution in [3.8, 4) is 0 Å². The second-order valence-corrected chi connectivity index (χ2v) is 6.97. The molecule has 1 aromatic heterocycles. The average Bonchev–Trinajstić information content (AvgIpc) is 2.67. The summed E-state index contributed by atoms with van der Waals surface area (Å²) < 4.78 is 0. The molecule has 0 radical (unpaired) electrons. The molecule has 2 aromatic rings. The van der Waals surface area contributed by atoms with Gasteiger partial charge in [-0.1, -0.05) is 12.1 Å². The number of hydrogen-bond donors (Lipinski definition) is 4. The van der Waals surface area contributed by atoms with Crippen molar-refractivity contribution in [2.75, 3.05) is 22.6 Å². The number of rotatable bonds is 6. The first kappa shape index (κ1) is 18.9. The molecule has 1 fully saturated rings. The van der Waals surface area contributed by atoms with Crippen molar-refractivity contribution >= 4 is 29.0 Å². The Morgan fingerprint density at radius 1 is 1.22 bits per heavy atom. The van der Waals surface area contributed by atoms with Crippen LogP contribution in [0.4, 0.5) is 23.1 Å². The van der Waals surface area contributed by atoms with E-state index in [0.29, 0.717) is 35.1 Å². The van der Waals surface area contributed by atoms with Gasteiger partial charge in [0, 0.05) is 31.8 Å². The maximum atomic E-state index is 11.2. The van der Waals surface area contributed by atoms with Crippen LogP contribution in [0.1, 0.15) is 32.6 Å². The van der Waals surface area contributed by atoms with Crippen LogP contribution in [0.25, 0.3) is 0 Å². The molecule has 0 aliphatic heterocycles. The summed E-state index contributed by atoms with van der Waals surface area (Å²) in [5.74, 6) is 7.88. The van der Waals surface area contributed by atoms with E-state index in [0.717, 1.165) is 32.2 Å². The minimum absolute atomic E-state index is 0.0483. The molecule has 1 aliphatic rings. The van der Waals surface area contributed by atoms with Crippen LogP contribution in [0.3, 0.4) is 0 Å². The Balaban J connectivity index is 1.56. The number of nitrogens with zero attached hydrogens (tertiary/aromatic N) is 3. The fourth-order valence-electron chi connectivity index (χ4n) is 3.43. The van der Waals surface area contributed by atoms with Crippen molar-refractivity contribution in [2.45, 2.75) is 38.6 Å². The summed E-state index contributed by atoms with van der Waals surface area (Å²) in [5, 5.41) is 7.77. The largest absolute Gasteiger partial charge is 0.397 e. The lowest BCUT2D eigenvalue weighted by Crippen LogP contribution is -2.37. The van der Waals surface area contributed by atoms with E-state index < -0.39 is 0 Å². The SMILES string of the molecule is CC(=O)NC1CCC(CNc2nccc(N(N)c3ccccc3N)n2)CC1. The number of nitrogen functional groups attached to an aromatic ring is 1. The molecule has 8 nitrogen and oxygen atoms in total. The zero-order valence-corrected chi connectivity index (χ0v) is 15.6. The molecule has 0 saturated heterocycles. The summed E-state index contributed by atoms with van der Waals surface area (Å²) in [5.41, 5.74) is 7.27. The lowest BCUT2D eigenvalue weighted by Gasteiger charge is -2.29. The predicted molar refractivity (Wildman–Crippen MR) is 107 cm³/mol. The van der Waals surface area contributed by atoms with Gasteiger partial charge in [-0.05, 0) is 43.7 Å². The van der Waals surface area contributed by atoms with E-state index in [9.17, 15) is 4.79 Å². The van der Waals surface area contributed by atoms with Crippen LogP contribution in [-0.4, -0.2) is 28.5 Å². The summed E-state index contributed by atoms with van der Waals surface area (Å²) in [6.45, 7) is 2.37. The molecule has 144 valence electrons. The van der Waals surface area contributed by atoms with Crippen molar-refractivity contribution < 1.29 is 4.79 Å². The molecule has 0 spiro atoms. The molecule has 0 atom stereocenters. The first-order valence-electron chi connectivity index (χ1n) is 9.26. The van der Waals surface area contributed by atoms with E-state index in [1.54, 1.807) is 25.3 Å². The smallest absolute Gasteiger partial charge is 0.224 e. The van der Waals surface area contributed by atoms with Crippen LogP contribution in [0, 0.1) is 5.92 Å². The minimum Gasteiger partial charge on any atom is -0.397 e. The molecule has 1 amide bonds. The maximum Gasteiger partial charge on any atom is 0.224 e. The van der Waals surface area contributed by atoms with Crippen LogP contribution < -0.4 is 27.2 Å². The normalized spacial score (nSPS) is 19.3. The second kappa shape index (κ2) is 8.68. The van der Waals surface area contributed by atoms with E-state index in [2.05, 4.69) is 20.6 Å². The number of para-hydroxylation sites is 2. The van der Waals surface area contributed by atoms with Gasteiger partial charge in [-0.15, -0.1) is 0 Å². The Morgan fingerprint density at radius 3 is 2.67 bits per heavy atom. The van der Waals surface area contributed by atoms with Crippen LogP contribution in [0.15, 0.2) is 36.5 Å². The Labute approximate surface area is 159 Å². The number of amides is 1. The van der Waals surface area contributed by atoms with Gasteiger partial charge in [0.25, 0.3) is 0 Å². The molecule has 27 heavy (non-hydrogen) atoms. The Kier molecular flexibility index (Phi) is 6.08. The number of hydrogen-bond acceptors (Lipinski definition) is 7. The Bertz CT molecular complexity index is 774. The first-order chi connectivity index (χ1) is 13.0. The number of carbonyl (C=O) groups is 1. The van der Waals surface area contributed by atoms with Crippen LogP contribution in [0.2, 0.25) is 0 Å². The van der Waals surface area contributed by atoms with E-state index in [1.807, 2.05) is 18.2 Å². The van der Waals surface area contributed by atoms with Crippen molar-refractivity contribution in [3.63, 3.8) is 0 Å². The quantitative estimate of drug-likeness (QED) is 0.350. The van der Waals surface area contributed by atoms with Crippen molar-refractivity contribution in [3.05, 3.63) is 36.5 Å². The van der Waals surface area contributed by atoms with Gasteiger partial charge in [-0.3, -0.25) is 9.80 Å². The molecular weight excluding hydrogens is 342 g/mol. The van der Waals surface area contributed by atoms with Crippen molar-refractivity contribution in [1.82, 2.24) is 15.3 Å². The lowest BCUT2D eigenvalue weighted by atomic mass is 9.86. The molecule has 1 aliphatic carbocycles. The summed E-state index contributed by atoms with van der Waals surface area (Å²) in [4.78, 5) is 19.9. The van der Waals surface area contributed by atoms with Gasteiger partial charge in [0.05, 0.1) is 11.4 Å². The number of aromatic nitrogens is 2. The van der Waals surface area contributed by atoms with Gasteiger partial charge in [0.15, 0.2) is 5.82 Å². The highest BCUT2D eigenvalue weighted by Gasteiger charge is 2.21. The number of nitrogens with two attached hydrogens (primary N) is 2.